The SMILES string of the molecule is CC1CN([C@@H]2CNC[C@H]2O)CCC1N. The van der Waals surface area contributed by atoms with Crippen LogP contribution in [0, 0.1) is 5.92 Å². The van der Waals surface area contributed by atoms with Gasteiger partial charge in [0.2, 0.25) is 0 Å². The first-order chi connectivity index (χ1) is 6.68. The molecule has 2 heterocycles. The highest BCUT2D eigenvalue weighted by molar-refractivity contribution is 4.92. The molecule has 2 rings (SSSR count). The Morgan fingerprint density at radius 3 is 2.79 bits per heavy atom. The van der Waals surface area contributed by atoms with Crippen molar-refractivity contribution in [1.29, 1.82) is 0 Å². The number of nitrogens with one attached hydrogen (secondary N) is 1. The molecule has 2 saturated heterocycles. The molecule has 0 bridgehead atoms. The van der Waals surface area contributed by atoms with Crippen LogP contribution in [-0.4, -0.2) is 54.4 Å². The predicted molar refractivity (Wildman–Crippen MR) is 56.0 cm³/mol. The summed E-state index contributed by atoms with van der Waals surface area (Å²) in [6, 6.07) is 0.655. The molecule has 4 heteroatoms. The summed E-state index contributed by atoms with van der Waals surface area (Å²) in [5.74, 6) is 0.552. The number of piperidine rings is 1. The van der Waals surface area contributed by atoms with Gasteiger partial charge in [0.05, 0.1) is 6.10 Å². The van der Waals surface area contributed by atoms with Crippen LogP contribution in [0.25, 0.3) is 0 Å². The fraction of sp³-hybridized carbons (Fsp3) is 1.00. The molecule has 0 spiro atoms. The van der Waals surface area contributed by atoms with Crippen molar-refractivity contribution >= 4 is 0 Å². The molecule has 82 valence electrons. The Bertz CT molecular complexity index is 200. The van der Waals surface area contributed by atoms with Gasteiger partial charge in [0.25, 0.3) is 0 Å². The molecule has 14 heavy (non-hydrogen) atoms. The largest absolute Gasteiger partial charge is 0.390 e. The minimum absolute atomic E-state index is 0.198. The summed E-state index contributed by atoms with van der Waals surface area (Å²) in [4.78, 5) is 2.39. The van der Waals surface area contributed by atoms with E-state index in [4.69, 9.17) is 5.73 Å². The zero-order valence-corrected chi connectivity index (χ0v) is 8.82. The van der Waals surface area contributed by atoms with Crippen molar-refractivity contribution in [3.05, 3.63) is 0 Å². The second kappa shape index (κ2) is 4.14. The van der Waals surface area contributed by atoms with Crippen molar-refractivity contribution < 1.29 is 5.11 Å². The third-order valence-electron chi connectivity index (χ3n) is 3.62. The summed E-state index contributed by atoms with van der Waals surface area (Å²) >= 11 is 0. The average molecular weight is 199 g/mol. The van der Waals surface area contributed by atoms with E-state index >= 15 is 0 Å². The molecular weight excluding hydrogens is 178 g/mol. The van der Waals surface area contributed by atoms with Crippen molar-refractivity contribution in [3.63, 3.8) is 0 Å². The number of aliphatic hydroxyl groups is 1. The van der Waals surface area contributed by atoms with E-state index in [0.29, 0.717) is 18.0 Å². The van der Waals surface area contributed by atoms with Crippen molar-refractivity contribution in [3.8, 4) is 0 Å². The van der Waals surface area contributed by atoms with Crippen LogP contribution in [0.3, 0.4) is 0 Å². The second-order valence-corrected chi connectivity index (χ2v) is 4.72. The lowest BCUT2D eigenvalue weighted by atomic mass is 9.93. The highest BCUT2D eigenvalue weighted by Gasteiger charge is 2.34. The Labute approximate surface area is 85.5 Å². The summed E-state index contributed by atoms with van der Waals surface area (Å²) in [5.41, 5.74) is 5.97. The highest BCUT2D eigenvalue weighted by atomic mass is 16.3. The van der Waals surface area contributed by atoms with E-state index < -0.39 is 0 Å². The molecule has 0 aromatic carbocycles. The van der Waals surface area contributed by atoms with Crippen molar-refractivity contribution in [2.45, 2.75) is 31.5 Å². The molecular formula is C10H21N3O. The molecule has 0 aromatic rings. The van der Waals surface area contributed by atoms with Crippen LogP contribution < -0.4 is 11.1 Å². The molecule has 0 aromatic heterocycles. The first kappa shape index (κ1) is 10.4. The van der Waals surface area contributed by atoms with Gasteiger partial charge in [0.15, 0.2) is 0 Å². The van der Waals surface area contributed by atoms with Gasteiger partial charge in [-0.3, -0.25) is 4.90 Å². The van der Waals surface area contributed by atoms with Gasteiger partial charge in [-0.25, -0.2) is 0 Å². The van der Waals surface area contributed by atoms with Gasteiger partial charge in [0.1, 0.15) is 0 Å². The molecule has 0 radical (unpaired) electrons. The number of hydrogen-bond donors (Lipinski definition) is 3. The Hall–Kier alpha value is -0.160. The van der Waals surface area contributed by atoms with Crippen LogP contribution in [0.5, 0.6) is 0 Å². The molecule has 4 N–H and O–H groups in total. The van der Waals surface area contributed by atoms with Gasteiger partial charge >= 0.3 is 0 Å². The van der Waals surface area contributed by atoms with Crippen LogP contribution in [0.2, 0.25) is 0 Å². The van der Waals surface area contributed by atoms with E-state index in [9.17, 15) is 5.11 Å². The monoisotopic (exact) mass is 199 g/mol. The first-order valence-corrected chi connectivity index (χ1v) is 5.57. The number of nitrogens with two attached hydrogens (primary N) is 1. The zero-order chi connectivity index (χ0) is 10.1. The Kier molecular flexibility index (Phi) is 3.07. The number of likely N-dealkylation sites (tertiary alicyclic amines) is 1. The number of β-amino-alcohol motifs (C(OH)–C–C–N with tert-alkyl or cyclic N) is 1. The van der Waals surface area contributed by atoms with Crippen LogP contribution in [0.15, 0.2) is 0 Å². The fourth-order valence-corrected chi connectivity index (χ4v) is 2.52. The summed E-state index contributed by atoms with van der Waals surface area (Å²) in [6.07, 6.45) is 0.862. The summed E-state index contributed by atoms with van der Waals surface area (Å²) in [5, 5.41) is 13.0. The Morgan fingerprint density at radius 1 is 1.43 bits per heavy atom. The summed E-state index contributed by atoms with van der Waals surface area (Å²) in [6.45, 7) is 5.93. The quantitative estimate of drug-likeness (QED) is 0.506. The molecule has 2 fully saturated rings. The molecule has 0 saturated carbocycles. The van der Waals surface area contributed by atoms with E-state index in [1.165, 1.54) is 0 Å². The maximum atomic E-state index is 9.76. The third-order valence-corrected chi connectivity index (χ3v) is 3.62. The van der Waals surface area contributed by atoms with Crippen LogP contribution in [-0.2, 0) is 0 Å². The topological polar surface area (TPSA) is 61.5 Å². The predicted octanol–water partition coefficient (Wildman–Crippen LogP) is -1.01. The lowest BCUT2D eigenvalue weighted by Gasteiger charge is -2.39. The minimum atomic E-state index is -0.198. The van der Waals surface area contributed by atoms with E-state index in [0.717, 1.165) is 32.6 Å². The van der Waals surface area contributed by atoms with Crippen molar-refractivity contribution in [1.82, 2.24) is 10.2 Å². The second-order valence-electron chi connectivity index (χ2n) is 4.72. The summed E-state index contributed by atoms with van der Waals surface area (Å²) < 4.78 is 0. The Balaban J connectivity index is 1.92. The zero-order valence-electron chi connectivity index (χ0n) is 8.82. The molecule has 4 nitrogen and oxygen atoms in total. The van der Waals surface area contributed by atoms with Gasteiger partial charge in [-0.15, -0.1) is 0 Å². The van der Waals surface area contributed by atoms with E-state index in [1.807, 2.05) is 0 Å². The maximum absolute atomic E-state index is 9.76. The maximum Gasteiger partial charge on any atom is 0.0831 e. The van der Waals surface area contributed by atoms with Gasteiger partial charge in [-0.2, -0.15) is 0 Å². The normalized spacial score (nSPS) is 45.6. The van der Waals surface area contributed by atoms with Crippen LogP contribution in [0.1, 0.15) is 13.3 Å². The molecule has 4 atom stereocenters. The van der Waals surface area contributed by atoms with Crippen LogP contribution in [0.4, 0.5) is 0 Å². The van der Waals surface area contributed by atoms with Gasteiger partial charge in [-0.1, -0.05) is 6.92 Å². The molecule has 2 aliphatic rings. The molecule has 2 aliphatic heterocycles. The smallest absolute Gasteiger partial charge is 0.0831 e. The standard InChI is InChI=1S/C10H21N3O/c1-7-6-13(3-2-8(7)11)9-4-12-5-10(9)14/h7-10,12,14H,2-6,11H2,1H3/t7?,8?,9-,10-/m1/s1. The summed E-state index contributed by atoms with van der Waals surface area (Å²) in [7, 11) is 0. The van der Waals surface area contributed by atoms with E-state index in [1.54, 1.807) is 0 Å². The van der Waals surface area contributed by atoms with Crippen molar-refractivity contribution in [2.24, 2.45) is 11.7 Å². The number of aliphatic hydroxyl groups excluding tert-OH is 1. The minimum Gasteiger partial charge on any atom is -0.390 e. The molecule has 0 aliphatic carbocycles. The third kappa shape index (κ3) is 1.93. The lowest BCUT2D eigenvalue weighted by Crippen LogP contribution is -2.53. The van der Waals surface area contributed by atoms with E-state index in [-0.39, 0.29) is 6.10 Å². The molecule has 2 unspecified atom stereocenters. The van der Waals surface area contributed by atoms with E-state index in [2.05, 4.69) is 17.1 Å². The highest BCUT2D eigenvalue weighted by Crippen LogP contribution is 2.19. The molecule has 0 amide bonds. The number of nitrogens with zero attached hydrogens (tertiary/aromatic N) is 1. The number of rotatable bonds is 1. The van der Waals surface area contributed by atoms with Gasteiger partial charge in [-0.05, 0) is 12.3 Å². The fourth-order valence-electron chi connectivity index (χ4n) is 2.52. The van der Waals surface area contributed by atoms with Gasteiger partial charge in [0, 0.05) is 38.3 Å². The number of hydrogen-bond acceptors (Lipinski definition) is 4. The average Bonchev–Trinajstić information content (AvgIpc) is 2.57. The first-order valence-electron chi connectivity index (χ1n) is 5.57. The van der Waals surface area contributed by atoms with Crippen LogP contribution >= 0.6 is 0 Å². The van der Waals surface area contributed by atoms with Gasteiger partial charge < -0.3 is 16.2 Å². The Morgan fingerprint density at radius 2 is 2.21 bits per heavy atom. The lowest BCUT2D eigenvalue weighted by molar-refractivity contribution is 0.0506. The van der Waals surface area contributed by atoms with Crippen molar-refractivity contribution in [2.75, 3.05) is 26.2 Å².